The minimum absolute atomic E-state index is 0.107. The topological polar surface area (TPSA) is 46.6 Å². The number of hydroxylamine groups is 1. The first-order valence-corrected chi connectivity index (χ1v) is 6.57. The molecule has 0 aliphatic carbocycles. The first-order valence-electron chi connectivity index (χ1n) is 5.13. The summed E-state index contributed by atoms with van der Waals surface area (Å²) in [6, 6.07) is 2.92. The van der Waals surface area contributed by atoms with Gasteiger partial charge in [-0.05, 0) is 25.0 Å². The molecule has 0 saturated carbocycles. The van der Waals surface area contributed by atoms with E-state index < -0.39 is 26.6 Å². The Morgan fingerprint density at radius 3 is 2.35 bits per heavy atom. The standard InChI is InChI=1S/C10H11F2NO3S/c11-8-4-3-5-9(12)10(8)17(14,15)13-6-1-2-7-16-13/h3-5H,1-2,6-7H2. The van der Waals surface area contributed by atoms with E-state index in [2.05, 4.69) is 0 Å². The Kier molecular flexibility index (Phi) is 3.41. The molecular weight excluding hydrogens is 252 g/mol. The van der Waals surface area contributed by atoms with Crippen molar-refractivity contribution >= 4 is 10.0 Å². The van der Waals surface area contributed by atoms with Gasteiger partial charge in [0.05, 0.1) is 6.61 Å². The summed E-state index contributed by atoms with van der Waals surface area (Å²) in [6.07, 6.45) is 1.33. The lowest BCUT2D eigenvalue weighted by Gasteiger charge is -2.25. The van der Waals surface area contributed by atoms with Crippen molar-refractivity contribution in [2.75, 3.05) is 13.2 Å². The van der Waals surface area contributed by atoms with Gasteiger partial charge in [0.1, 0.15) is 11.6 Å². The quantitative estimate of drug-likeness (QED) is 0.815. The zero-order chi connectivity index (χ0) is 12.5. The van der Waals surface area contributed by atoms with Crippen molar-refractivity contribution < 1.29 is 22.0 Å². The number of sulfonamides is 1. The molecule has 4 nitrogen and oxygen atoms in total. The average molecular weight is 263 g/mol. The van der Waals surface area contributed by atoms with Gasteiger partial charge in [-0.25, -0.2) is 17.2 Å². The summed E-state index contributed by atoms with van der Waals surface area (Å²) in [5.74, 6) is -2.22. The molecule has 1 aromatic rings. The fourth-order valence-electron chi connectivity index (χ4n) is 1.59. The monoisotopic (exact) mass is 263 g/mol. The van der Waals surface area contributed by atoms with Crippen LogP contribution >= 0.6 is 0 Å². The van der Waals surface area contributed by atoms with Gasteiger partial charge in [-0.15, -0.1) is 0 Å². The van der Waals surface area contributed by atoms with Gasteiger partial charge < -0.3 is 0 Å². The normalized spacial score (nSPS) is 18.2. The molecule has 0 amide bonds. The van der Waals surface area contributed by atoms with Crippen molar-refractivity contribution in [1.82, 2.24) is 4.47 Å². The highest BCUT2D eigenvalue weighted by Gasteiger charge is 2.32. The Morgan fingerprint density at radius 1 is 1.18 bits per heavy atom. The first-order chi connectivity index (χ1) is 8.03. The molecular formula is C10H11F2NO3S. The Morgan fingerprint density at radius 2 is 1.82 bits per heavy atom. The highest BCUT2D eigenvalue weighted by molar-refractivity contribution is 7.89. The fraction of sp³-hybridized carbons (Fsp3) is 0.400. The minimum atomic E-state index is -4.26. The van der Waals surface area contributed by atoms with Crippen LogP contribution in [0.15, 0.2) is 23.1 Å². The van der Waals surface area contributed by atoms with Crippen LogP contribution in [0.3, 0.4) is 0 Å². The van der Waals surface area contributed by atoms with Crippen LogP contribution in [0.5, 0.6) is 0 Å². The summed E-state index contributed by atoms with van der Waals surface area (Å²) in [5.41, 5.74) is 0. The Balaban J connectivity index is 2.44. The molecule has 0 aromatic heterocycles. The van der Waals surface area contributed by atoms with Crippen molar-refractivity contribution in [2.45, 2.75) is 17.7 Å². The largest absolute Gasteiger partial charge is 0.284 e. The molecule has 0 atom stereocenters. The van der Waals surface area contributed by atoms with Crippen molar-refractivity contribution in [3.05, 3.63) is 29.8 Å². The number of benzene rings is 1. The third-order valence-electron chi connectivity index (χ3n) is 2.42. The molecule has 0 N–H and O–H groups in total. The smallest absolute Gasteiger partial charge is 0.270 e. The van der Waals surface area contributed by atoms with E-state index in [0.717, 1.165) is 24.6 Å². The molecule has 1 aliphatic heterocycles. The maximum absolute atomic E-state index is 13.4. The van der Waals surface area contributed by atoms with Gasteiger partial charge in [-0.2, -0.15) is 0 Å². The van der Waals surface area contributed by atoms with Gasteiger partial charge in [-0.1, -0.05) is 10.5 Å². The van der Waals surface area contributed by atoms with Gasteiger partial charge >= 0.3 is 0 Å². The molecule has 1 heterocycles. The Bertz CT molecular complexity index is 492. The van der Waals surface area contributed by atoms with E-state index in [-0.39, 0.29) is 13.2 Å². The van der Waals surface area contributed by atoms with E-state index in [1.165, 1.54) is 0 Å². The lowest BCUT2D eigenvalue weighted by atomic mass is 10.3. The van der Waals surface area contributed by atoms with E-state index in [1.54, 1.807) is 0 Å². The molecule has 1 saturated heterocycles. The lowest BCUT2D eigenvalue weighted by Crippen LogP contribution is -2.36. The Hall–Kier alpha value is -1.05. The summed E-state index contributed by atoms with van der Waals surface area (Å²) < 4.78 is 51.3. The summed E-state index contributed by atoms with van der Waals surface area (Å²) in [4.78, 5) is 3.96. The highest BCUT2D eigenvalue weighted by atomic mass is 32.2. The van der Waals surface area contributed by atoms with Crippen LogP contribution in [0.25, 0.3) is 0 Å². The van der Waals surface area contributed by atoms with Crippen LogP contribution in [-0.2, 0) is 14.9 Å². The zero-order valence-corrected chi connectivity index (χ0v) is 9.71. The lowest BCUT2D eigenvalue weighted by molar-refractivity contribution is -0.109. The third-order valence-corrected chi connectivity index (χ3v) is 4.15. The zero-order valence-electron chi connectivity index (χ0n) is 8.90. The van der Waals surface area contributed by atoms with Crippen LogP contribution in [0.2, 0.25) is 0 Å². The predicted molar refractivity (Wildman–Crippen MR) is 55.4 cm³/mol. The second-order valence-corrected chi connectivity index (χ2v) is 5.39. The van der Waals surface area contributed by atoms with Crippen molar-refractivity contribution in [2.24, 2.45) is 0 Å². The van der Waals surface area contributed by atoms with Crippen LogP contribution < -0.4 is 0 Å². The van der Waals surface area contributed by atoms with Gasteiger partial charge in [0.25, 0.3) is 10.0 Å². The fourth-order valence-corrected chi connectivity index (χ4v) is 3.01. The van der Waals surface area contributed by atoms with Crippen molar-refractivity contribution in [3.8, 4) is 0 Å². The molecule has 0 spiro atoms. The molecule has 7 heteroatoms. The summed E-state index contributed by atoms with van der Waals surface area (Å²) in [7, 11) is -4.26. The summed E-state index contributed by atoms with van der Waals surface area (Å²) >= 11 is 0. The number of hydrogen-bond donors (Lipinski definition) is 0. The predicted octanol–water partition coefficient (Wildman–Crippen LogP) is 1.68. The van der Waals surface area contributed by atoms with Gasteiger partial charge in [0.2, 0.25) is 0 Å². The Labute approximate surface area is 97.8 Å². The molecule has 94 valence electrons. The summed E-state index contributed by atoms with van der Waals surface area (Å²) in [6.45, 7) is 0.339. The molecule has 0 radical (unpaired) electrons. The maximum atomic E-state index is 13.4. The highest BCUT2D eigenvalue weighted by Crippen LogP contribution is 2.24. The van der Waals surface area contributed by atoms with Crippen molar-refractivity contribution in [3.63, 3.8) is 0 Å². The molecule has 17 heavy (non-hydrogen) atoms. The molecule has 2 rings (SSSR count). The van der Waals surface area contributed by atoms with E-state index >= 15 is 0 Å². The van der Waals surface area contributed by atoms with Crippen LogP contribution in [0.4, 0.5) is 8.78 Å². The van der Waals surface area contributed by atoms with E-state index in [9.17, 15) is 17.2 Å². The van der Waals surface area contributed by atoms with E-state index in [0.29, 0.717) is 10.9 Å². The third kappa shape index (κ3) is 2.31. The second kappa shape index (κ2) is 4.67. The number of nitrogens with zero attached hydrogens (tertiary/aromatic N) is 1. The average Bonchev–Trinajstić information content (AvgIpc) is 2.29. The van der Waals surface area contributed by atoms with Gasteiger partial charge in [0.15, 0.2) is 4.90 Å². The molecule has 0 bridgehead atoms. The van der Waals surface area contributed by atoms with Crippen LogP contribution in [-0.4, -0.2) is 26.0 Å². The second-order valence-electron chi connectivity index (χ2n) is 3.62. The first kappa shape index (κ1) is 12.4. The van der Waals surface area contributed by atoms with Gasteiger partial charge in [0, 0.05) is 6.54 Å². The maximum Gasteiger partial charge on any atom is 0.270 e. The van der Waals surface area contributed by atoms with E-state index in [4.69, 9.17) is 4.84 Å². The molecule has 0 unspecified atom stereocenters. The number of halogens is 2. The SMILES string of the molecule is O=S(=O)(c1c(F)cccc1F)N1CCCCO1. The van der Waals surface area contributed by atoms with Crippen LogP contribution in [0, 0.1) is 11.6 Å². The van der Waals surface area contributed by atoms with Crippen molar-refractivity contribution in [1.29, 1.82) is 0 Å². The van der Waals surface area contributed by atoms with Crippen LogP contribution in [0.1, 0.15) is 12.8 Å². The van der Waals surface area contributed by atoms with Gasteiger partial charge in [-0.3, -0.25) is 4.84 Å². The number of hydrogen-bond acceptors (Lipinski definition) is 3. The molecule has 1 aliphatic rings. The molecule has 1 fully saturated rings. The van der Waals surface area contributed by atoms with E-state index in [1.807, 2.05) is 0 Å². The molecule has 1 aromatic carbocycles. The summed E-state index contributed by atoms with van der Waals surface area (Å²) in [5, 5.41) is 0. The minimum Gasteiger partial charge on any atom is -0.284 e. The number of rotatable bonds is 2.